The van der Waals surface area contributed by atoms with Crippen LogP contribution in [-0.2, 0) is 11.8 Å². The Bertz CT molecular complexity index is 785. The Labute approximate surface area is 135 Å². The van der Waals surface area contributed by atoms with Gasteiger partial charge in [-0.25, -0.2) is 10.1 Å². The van der Waals surface area contributed by atoms with Crippen molar-refractivity contribution in [3.8, 4) is 5.75 Å². The van der Waals surface area contributed by atoms with Crippen molar-refractivity contribution in [2.45, 2.75) is 6.92 Å². The first kappa shape index (κ1) is 17.1. The quantitative estimate of drug-likeness (QED) is 0.486. The topological polar surface area (TPSA) is 112 Å². The molecule has 1 heterocycles. The van der Waals surface area contributed by atoms with Crippen LogP contribution in [0.25, 0.3) is 0 Å². The largest absolute Gasteiger partial charge is 0.484 e. The number of amides is 1. The van der Waals surface area contributed by atoms with E-state index in [9.17, 15) is 19.3 Å². The predicted molar refractivity (Wildman–Crippen MR) is 82.2 cm³/mol. The number of rotatable bonds is 6. The van der Waals surface area contributed by atoms with Crippen LogP contribution < -0.4 is 10.2 Å². The number of hydrazone groups is 1. The number of hydrogen-bond acceptors (Lipinski definition) is 6. The monoisotopic (exact) mass is 335 g/mol. The fourth-order valence-electron chi connectivity index (χ4n) is 1.81. The van der Waals surface area contributed by atoms with E-state index in [1.54, 1.807) is 6.92 Å². The Hall–Kier alpha value is -3.30. The standard InChI is InChI=1S/C14H14FN5O4/c1-9-12(14(15)19(2)18-9)7-16-17-13(21)8-24-11-5-3-10(4-6-11)20(22)23/h3-7H,8H2,1-2H3,(H,17,21)/b16-7-. The second-order valence-corrected chi connectivity index (χ2v) is 4.75. The van der Waals surface area contributed by atoms with Crippen molar-refractivity contribution in [1.29, 1.82) is 0 Å². The smallest absolute Gasteiger partial charge is 0.277 e. The van der Waals surface area contributed by atoms with Gasteiger partial charge in [-0.2, -0.15) is 14.6 Å². The Morgan fingerprint density at radius 3 is 2.71 bits per heavy atom. The van der Waals surface area contributed by atoms with Gasteiger partial charge in [0.25, 0.3) is 11.6 Å². The molecule has 1 aromatic heterocycles. The van der Waals surface area contributed by atoms with E-state index in [0.717, 1.165) is 10.9 Å². The Balaban J connectivity index is 1.85. The first-order valence-electron chi connectivity index (χ1n) is 6.76. The lowest BCUT2D eigenvalue weighted by molar-refractivity contribution is -0.384. The van der Waals surface area contributed by atoms with Gasteiger partial charge >= 0.3 is 0 Å². The molecule has 0 aliphatic rings. The normalized spacial score (nSPS) is 10.8. The van der Waals surface area contributed by atoms with Crippen molar-refractivity contribution >= 4 is 17.8 Å². The van der Waals surface area contributed by atoms with Gasteiger partial charge in [-0.05, 0) is 19.1 Å². The minimum absolute atomic E-state index is 0.0785. The second kappa shape index (κ2) is 7.31. The number of non-ortho nitro benzene ring substituents is 1. The number of halogens is 1. The molecule has 0 aliphatic carbocycles. The van der Waals surface area contributed by atoms with Crippen LogP contribution in [0.4, 0.5) is 10.1 Å². The Morgan fingerprint density at radius 2 is 2.17 bits per heavy atom. The number of ether oxygens (including phenoxy) is 1. The van der Waals surface area contributed by atoms with Crippen LogP contribution >= 0.6 is 0 Å². The van der Waals surface area contributed by atoms with Crippen LogP contribution in [0.15, 0.2) is 29.4 Å². The molecule has 1 N–H and O–H groups in total. The average molecular weight is 335 g/mol. The lowest BCUT2D eigenvalue weighted by atomic mass is 10.3. The van der Waals surface area contributed by atoms with Gasteiger partial charge in [0.05, 0.1) is 22.4 Å². The van der Waals surface area contributed by atoms with Crippen LogP contribution in [0.1, 0.15) is 11.3 Å². The van der Waals surface area contributed by atoms with Crippen LogP contribution in [0.3, 0.4) is 0 Å². The molecule has 0 atom stereocenters. The summed E-state index contributed by atoms with van der Waals surface area (Å²) in [6.07, 6.45) is 1.15. The van der Waals surface area contributed by atoms with E-state index in [1.165, 1.54) is 31.3 Å². The zero-order chi connectivity index (χ0) is 17.7. The summed E-state index contributed by atoms with van der Waals surface area (Å²) in [6.45, 7) is 1.27. The number of nitro groups is 1. The minimum Gasteiger partial charge on any atom is -0.484 e. The zero-order valence-electron chi connectivity index (χ0n) is 12.9. The summed E-state index contributed by atoms with van der Waals surface area (Å²) < 4.78 is 19.9. The van der Waals surface area contributed by atoms with Gasteiger partial charge in [0.1, 0.15) is 5.75 Å². The van der Waals surface area contributed by atoms with Crippen molar-refractivity contribution in [1.82, 2.24) is 15.2 Å². The highest BCUT2D eigenvalue weighted by Crippen LogP contribution is 2.17. The van der Waals surface area contributed by atoms with Gasteiger partial charge in [-0.15, -0.1) is 0 Å². The average Bonchev–Trinajstić information content (AvgIpc) is 2.79. The van der Waals surface area contributed by atoms with Gasteiger partial charge in [0.2, 0.25) is 5.95 Å². The van der Waals surface area contributed by atoms with Crippen molar-refractivity contribution in [2.24, 2.45) is 12.1 Å². The molecular weight excluding hydrogens is 321 g/mol. The van der Waals surface area contributed by atoms with E-state index in [1.807, 2.05) is 0 Å². The first-order chi connectivity index (χ1) is 11.4. The number of nitrogens with zero attached hydrogens (tertiary/aromatic N) is 4. The predicted octanol–water partition coefficient (Wildman–Crippen LogP) is 1.30. The molecule has 2 rings (SSSR count). The molecule has 0 aliphatic heterocycles. The number of carbonyl (C=O) groups excluding carboxylic acids is 1. The number of carbonyl (C=O) groups is 1. The third kappa shape index (κ3) is 4.12. The molecule has 9 nitrogen and oxygen atoms in total. The lowest BCUT2D eigenvalue weighted by Gasteiger charge is -2.04. The van der Waals surface area contributed by atoms with Crippen LogP contribution in [0, 0.1) is 23.0 Å². The highest BCUT2D eigenvalue weighted by Gasteiger charge is 2.10. The molecule has 10 heteroatoms. The first-order valence-corrected chi connectivity index (χ1v) is 6.76. The third-order valence-corrected chi connectivity index (χ3v) is 3.00. The third-order valence-electron chi connectivity index (χ3n) is 3.00. The molecule has 24 heavy (non-hydrogen) atoms. The van der Waals surface area contributed by atoms with Gasteiger partial charge < -0.3 is 4.74 Å². The highest BCUT2D eigenvalue weighted by molar-refractivity contribution is 5.83. The Kier molecular flexibility index (Phi) is 5.20. The van der Waals surface area contributed by atoms with Crippen LogP contribution in [0.2, 0.25) is 0 Å². The summed E-state index contributed by atoms with van der Waals surface area (Å²) >= 11 is 0. The van der Waals surface area contributed by atoms with Crippen molar-refractivity contribution < 1.29 is 18.8 Å². The maximum atomic E-state index is 13.6. The molecule has 2 aromatic rings. The number of nitro benzene ring substituents is 1. The van der Waals surface area contributed by atoms with Crippen LogP contribution in [0.5, 0.6) is 5.75 Å². The molecule has 0 bridgehead atoms. The van der Waals surface area contributed by atoms with Crippen molar-refractivity contribution in [2.75, 3.05) is 6.61 Å². The van der Waals surface area contributed by atoms with E-state index >= 15 is 0 Å². The van der Waals surface area contributed by atoms with E-state index in [0.29, 0.717) is 11.4 Å². The summed E-state index contributed by atoms with van der Waals surface area (Å²) in [7, 11) is 1.45. The van der Waals surface area contributed by atoms with Gasteiger partial charge in [0, 0.05) is 19.2 Å². The number of aromatic nitrogens is 2. The lowest BCUT2D eigenvalue weighted by Crippen LogP contribution is -2.24. The van der Waals surface area contributed by atoms with E-state index in [2.05, 4.69) is 15.6 Å². The SMILES string of the molecule is Cc1nn(C)c(F)c1/C=N\NC(=O)COc1ccc([N+](=O)[O-])cc1. The summed E-state index contributed by atoms with van der Waals surface area (Å²) in [5.41, 5.74) is 2.72. The molecule has 0 unspecified atom stereocenters. The van der Waals surface area contributed by atoms with E-state index in [4.69, 9.17) is 4.74 Å². The van der Waals surface area contributed by atoms with Crippen molar-refractivity contribution in [3.05, 3.63) is 51.6 Å². The fourth-order valence-corrected chi connectivity index (χ4v) is 1.81. The molecule has 0 spiro atoms. The maximum Gasteiger partial charge on any atom is 0.277 e. The van der Waals surface area contributed by atoms with E-state index in [-0.39, 0.29) is 17.9 Å². The van der Waals surface area contributed by atoms with Crippen molar-refractivity contribution in [3.63, 3.8) is 0 Å². The van der Waals surface area contributed by atoms with Gasteiger partial charge in [-0.3, -0.25) is 14.9 Å². The number of hydrogen-bond donors (Lipinski definition) is 1. The molecule has 0 fully saturated rings. The molecule has 1 aromatic carbocycles. The van der Waals surface area contributed by atoms with Gasteiger partial charge in [-0.1, -0.05) is 0 Å². The van der Waals surface area contributed by atoms with Gasteiger partial charge in [0.15, 0.2) is 6.61 Å². The maximum absolute atomic E-state index is 13.6. The molecular formula is C14H14FN5O4. The number of aryl methyl sites for hydroxylation is 2. The summed E-state index contributed by atoms with van der Waals surface area (Å²) in [4.78, 5) is 21.6. The molecule has 1 amide bonds. The number of benzene rings is 1. The highest BCUT2D eigenvalue weighted by atomic mass is 19.1. The Morgan fingerprint density at radius 1 is 1.50 bits per heavy atom. The molecule has 0 saturated heterocycles. The molecule has 126 valence electrons. The summed E-state index contributed by atoms with van der Waals surface area (Å²) in [5.74, 6) is -0.826. The summed E-state index contributed by atoms with van der Waals surface area (Å²) in [5, 5.41) is 18.0. The number of nitrogens with one attached hydrogen (secondary N) is 1. The fraction of sp³-hybridized carbons (Fsp3) is 0.214. The minimum atomic E-state index is -0.563. The second-order valence-electron chi connectivity index (χ2n) is 4.75. The van der Waals surface area contributed by atoms with E-state index < -0.39 is 16.8 Å². The summed E-state index contributed by atoms with van der Waals surface area (Å²) in [6, 6.07) is 5.28. The van der Waals surface area contributed by atoms with Crippen LogP contribution in [-0.4, -0.2) is 33.4 Å². The molecule has 0 radical (unpaired) electrons. The molecule has 0 saturated carbocycles. The zero-order valence-corrected chi connectivity index (χ0v) is 12.9.